The number of sulfonamides is 1. The molecule has 0 aliphatic heterocycles. The Morgan fingerprint density at radius 1 is 1.47 bits per heavy atom. The second-order valence-corrected chi connectivity index (χ2v) is 6.15. The topological polar surface area (TPSA) is 75.4 Å². The van der Waals surface area contributed by atoms with E-state index in [-0.39, 0.29) is 18.9 Å². The summed E-state index contributed by atoms with van der Waals surface area (Å²) in [5.74, 6) is 0.771. The molecule has 0 bridgehead atoms. The van der Waals surface area contributed by atoms with E-state index in [2.05, 4.69) is 4.98 Å². The fourth-order valence-electron chi connectivity index (χ4n) is 1.40. The first kappa shape index (κ1) is 14.1. The summed E-state index contributed by atoms with van der Waals surface area (Å²) in [4.78, 5) is 4.08. The van der Waals surface area contributed by atoms with E-state index in [4.69, 9.17) is 5.11 Å². The van der Waals surface area contributed by atoms with E-state index >= 15 is 0 Å². The minimum atomic E-state index is -3.26. The molecule has 0 radical (unpaired) electrons. The number of hydrogen-bond acceptors (Lipinski definition) is 4. The molecule has 6 nitrogen and oxygen atoms in total. The van der Waals surface area contributed by atoms with Crippen LogP contribution in [0, 0.1) is 0 Å². The first-order chi connectivity index (χ1) is 7.97. The van der Waals surface area contributed by atoms with E-state index in [1.807, 2.05) is 7.05 Å². The average Bonchev–Trinajstić information content (AvgIpc) is 2.64. The number of unbranched alkanes of at least 4 members (excludes halogenated alkanes) is 1. The Bertz CT molecular complexity index is 441. The fourth-order valence-corrected chi connectivity index (χ4v) is 2.59. The Kier molecular flexibility index (Phi) is 5.10. The number of nitrogens with zero attached hydrogens (tertiary/aromatic N) is 3. The van der Waals surface area contributed by atoms with Gasteiger partial charge in [0.2, 0.25) is 10.0 Å². The molecule has 0 fully saturated rings. The van der Waals surface area contributed by atoms with Crippen LogP contribution in [-0.2, 0) is 23.6 Å². The highest BCUT2D eigenvalue weighted by Crippen LogP contribution is 2.07. The molecular formula is C10H19N3O3S. The normalized spacial score (nSPS) is 12.2. The molecule has 0 spiro atoms. The quantitative estimate of drug-likeness (QED) is 0.699. The second-order valence-electron chi connectivity index (χ2n) is 3.96. The lowest BCUT2D eigenvalue weighted by Gasteiger charge is -2.16. The molecule has 1 rings (SSSR count). The smallest absolute Gasteiger partial charge is 0.214 e. The molecule has 1 aromatic rings. The van der Waals surface area contributed by atoms with Gasteiger partial charge in [-0.15, -0.1) is 0 Å². The fraction of sp³-hybridized carbons (Fsp3) is 0.700. The summed E-state index contributed by atoms with van der Waals surface area (Å²) in [5, 5.41) is 8.62. The summed E-state index contributed by atoms with van der Waals surface area (Å²) in [7, 11) is 0.116. The third-order valence-electron chi connectivity index (χ3n) is 2.57. The van der Waals surface area contributed by atoms with Gasteiger partial charge < -0.3 is 9.67 Å². The van der Waals surface area contributed by atoms with Crippen molar-refractivity contribution in [2.24, 2.45) is 7.05 Å². The number of hydrogen-bond donors (Lipinski definition) is 1. The maximum absolute atomic E-state index is 11.9. The van der Waals surface area contributed by atoms with Gasteiger partial charge in [-0.05, 0) is 12.8 Å². The standard InChI is InChI=1S/C10H19N3O3S/c1-12-6-5-11-10(12)9-13(2)17(15,16)8-4-3-7-14/h5-6,14H,3-4,7-9H2,1-2H3. The van der Waals surface area contributed by atoms with Crippen molar-refractivity contribution in [2.45, 2.75) is 19.4 Å². The monoisotopic (exact) mass is 261 g/mol. The van der Waals surface area contributed by atoms with E-state index in [1.165, 1.54) is 4.31 Å². The zero-order chi connectivity index (χ0) is 12.9. The van der Waals surface area contributed by atoms with E-state index in [1.54, 1.807) is 24.0 Å². The second kappa shape index (κ2) is 6.13. The minimum Gasteiger partial charge on any atom is -0.396 e. The van der Waals surface area contributed by atoms with Crippen LogP contribution in [0.2, 0.25) is 0 Å². The van der Waals surface area contributed by atoms with Gasteiger partial charge in [0.15, 0.2) is 0 Å². The molecule has 7 heteroatoms. The highest BCUT2D eigenvalue weighted by Gasteiger charge is 2.18. The molecule has 17 heavy (non-hydrogen) atoms. The molecule has 0 aliphatic rings. The summed E-state index contributed by atoms with van der Waals surface area (Å²) < 4.78 is 26.8. The van der Waals surface area contributed by atoms with E-state index < -0.39 is 10.0 Å². The molecular weight excluding hydrogens is 242 g/mol. The van der Waals surface area contributed by atoms with Gasteiger partial charge in [-0.3, -0.25) is 0 Å². The van der Waals surface area contributed by atoms with Crippen molar-refractivity contribution in [3.63, 3.8) is 0 Å². The number of aliphatic hydroxyl groups excluding tert-OH is 1. The van der Waals surface area contributed by atoms with E-state index in [9.17, 15) is 8.42 Å². The van der Waals surface area contributed by atoms with Crippen molar-refractivity contribution in [3.8, 4) is 0 Å². The SMILES string of the molecule is CN(Cc1nccn1C)S(=O)(=O)CCCCO. The number of rotatable bonds is 7. The maximum atomic E-state index is 11.9. The zero-order valence-electron chi connectivity index (χ0n) is 10.2. The lowest BCUT2D eigenvalue weighted by Crippen LogP contribution is -2.30. The van der Waals surface area contributed by atoms with Gasteiger partial charge in [-0.25, -0.2) is 13.4 Å². The average molecular weight is 261 g/mol. The molecule has 0 atom stereocenters. The minimum absolute atomic E-state index is 0.0264. The zero-order valence-corrected chi connectivity index (χ0v) is 11.0. The first-order valence-corrected chi connectivity index (χ1v) is 7.09. The van der Waals surface area contributed by atoms with Crippen LogP contribution in [0.4, 0.5) is 0 Å². The van der Waals surface area contributed by atoms with Crippen LogP contribution in [0.1, 0.15) is 18.7 Å². The lowest BCUT2D eigenvalue weighted by atomic mass is 10.4. The lowest BCUT2D eigenvalue weighted by molar-refractivity contribution is 0.287. The Morgan fingerprint density at radius 3 is 2.71 bits per heavy atom. The molecule has 98 valence electrons. The van der Waals surface area contributed by atoms with E-state index in [0.29, 0.717) is 18.7 Å². The van der Waals surface area contributed by atoms with Gasteiger partial charge in [0.25, 0.3) is 0 Å². The van der Waals surface area contributed by atoms with Crippen molar-refractivity contribution in [1.82, 2.24) is 13.9 Å². The summed E-state index contributed by atoms with van der Waals surface area (Å²) in [6.45, 7) is 0.295. The molecule has 0 unspecified atom stereocenters. The highest BCUT2D eigenvalue weighted by atomic mass is 32.2. The highest BCUT2D eigenvalue weighted by molar-refractivity contribution is 7.89. The van der Waals surface area contributed by atoms with Crippen LogP contribution in [0.5, 0.6) is 0 Å². The molecule has 0 aromatic carbocycles. The Labute approximate surface area is 102 Å². The van der Waals surface area contributed by atoms with Crippen LogP contribution in [-0.4, -0.2) is 46.8 Å². The Balaban J connectivity index is 2.57. The third kappa shape index (κ3) is 4.10. The third-order valence-corrected chi connectivity index (χ3v) is 4.45. The van der Waals surface area contributed by atoms with Crippen LogP contribution >= 0.6 is 0 Å². The van der Waals surface area contributed by atoms with Gasteiger partial charge in [0.05, 0.1) is 12.3 Å². The maximum Gasteiger partial charge on any atom is 0.214 e. The Hall–Kier alpha value is -0.920. The van der Waals surface area contributed by atoms with Gasteiger partial charge in [0.1, 0.15) is 5.82 Å². The predicted molar refractivity (Wildman–Crippen MR) is 64.8 cm³/mol. The molecule has 0 saturated heterocycles. The number of aliphatic hydroxyl groups is 1. The molecule has 1 aromatic heterocycles. The van der Waals surface area contributed by atoms with Crippen LogP contribution in [0.25, 0.3) is 0 Å². The van der Waals surface area contributed by atoms with Gasteiger partial charge in [-0.1, -0.05) is 0 Å². The summed E-state index contributed by atoms with van der Waals surface area (Å²) in [5.41, 5.74) is 0. The Morgan fingerprint density at radius 2 is 2.18 bits per heavy atom. The molecule has 0 amide bonds. The van der Waals surface area contributed by atoms with Crippen molar-refractivity contribution in [1.29, 1.82) is 0 Å². The molecule has 1 heterocycles. The van der Waals surface area contributed by atoms with Crippen LogP contribution in [0.15, 0.2) is 12.4 Å². The van der Waals surface area contributed by atoms with Gasteiger partial charge in [-0.2, -0.15) is 4.31 Å². The number of aromatic nitrogens is 2. The molecule has 0 aliphatic carbocycles. The number of aryl methyl sites for hydroxylation is 1. The van der Waals surface area contributed by atoms with Gasteiger partial charge in [0, 0.05) is 33.1 Å². The van der Waals surface area contributed by atoms with Crippen molar-refractivity contribution >= 4 is 10.0 Å². The summed E-state index contributed by atoms with van der Waals surface area (Å²) in [6.07, 6.45) is 4.41. The largest absolute Gasteiger partial charge is 0.396 e. The van der Waals surface area contributed by atoms with E-state index in [0.717, 1.165) is 0 Å². The predicted octanol–water partition coefficient (Wildman–Crippen LogP) is -0.0458. The van der Waals surface area contributed by atoms with Crippen molar-refractivity contribution in [3.05, 3.63) is 18.2 Å². The summed E-state index contributed by atoms with van der Waals surface area (Å²) >= 11 is 0. The summed E-state index contributed by atoms with van der Waals surface area (Å²) in [6, 6.07) is 0. The number of imidazole rings is 1. The van der Waals surface area contributed by atoms with Crippen molar-refractivity contribution < 1.29 is 13.5 Å². The molecule has 1 N–H and O–H groups in total. The van der Waals surface area contributed by atoms with Crippen LogP contribution in [0.3, 0.4) is 0 Å². The first-order valence-electron chi connectivity index (χ1n) is 5.48. The van der Waals surface area contributed by atoms with Gasteiger partial charge >= 0.3 is 0 Å². The van der Waals surface area contributed by atoms with Crippen molar-refractivity contribution in [2.75, 3.05) is 19.4 Å². The molecule has 0 saturated carbocycles. The van der Waals surface area contributed by atoms with Crippen LogP contribution < -0.4 is 0 Å².